The van der Waals surface area contributed by atoms with Crippen LogP contribution in [0.4, 0.5) is 0 Å². The first kappa shape index (κ1) is 29.4. The van der Waals surface area contributed by atoms with Gasteiger partial charge in [-0.1, -0.05) is 31.5 Å². The van der Waals surface area contributed by atoms with E-state index in [1.54, 1.807) is 30.1 Å². The van der Waals surface area contributed by atoms with Crippen molar-refractivity contribution in [2.75, 3.05) is 45.8 Å². The van der Waals surface area contributed by atoms with Crippen LogP contribution in [0.5, 0.6) is 0 Å². The van der Waals surface area contributed by atoms with Gasteiger partial charge in [0.2, 0.25) is 0 Å². The third-order valence-electron chi connectivity index (χ3n) is 5.33. The molecule has 0 atom stereocenters. The summed E-state index contributed by atoms with van der Waals surface area (Å²) in [6, 6.07) is 5.23. The van der Waals surface area contributed by atoms with Gasteiger partial charge in [-0.15, -0.1) is 0 Å². The zero-order valence-electron chi connectivity index (χ0n) is 18.8. The Morgan fingerprint density at radius 2 is 1.38 bits per heavy atom. The van der Waals surface area contributed by atoms with Gasteiger partial charge in [-0.05, 0) is 43.0 Å². The number of aliphatic hydroxyl groups excluding tert-OH is 2. The van der Waals surface area contributed by atoms with E-state index in [0.29, 0.717) is 17.7 Å². The lowest BCUT2D eigenvalue weighted by Gasteiger charge is -2.39. The average molecular weight is 497 g/mol. The quantitative estimate of drug-likeness (QED) is 0.144. The third kappa shape index (κ3) is 11.0. The molecule has 0 aliphatic rings. The molecule has 32 heavy (non-hydrogen) atoms. The van der Waals surface area contributed by atoms with Crippen molar-refractivity contribution >= 4 is 15.2 Å². The van der Waals surface area contributed by atoms with E-state index in [1.165, 1.54) is 0 Å². The van der Waals surface area contributed by atoms with Crippen LogP contribution in [0.1, 0.15) is 36.5 Å². The Kier molecular flexibility index (Phi) is 12.2. The number of aryl methyl sites for hydroxylation is 2. The number of unbranched alkanes of at least 4 members (excludes halogenated alkanes) is 1. The standard InChI is InChI=1S/C20H37NO9P2/c1-3-4-7-30-16-20(14-22,15-23)21(2)13-19-11-17(5-8-31(24,25)26)10-18(12-19)6-9-32(27,28)29/h10-12,22-23H,3-9,13-16H2,1-2H3,(H2,24,25,26)(H2,27,28,29). The number of nitrogens with zero attached hydrogens (tertiary/aromatic N) is 1. The summed E-state index contributed by atoms with van der Waals surface area (Å²) in [5.74, 6) is 0. The minimum atomic E-state index is -4.20. The smallest absolute Gasteiger partial charge is 0.325 e. The van der Waals surface area contributed by atoms with E-state index in [2.05, 4.69) is 0 Å². The Hall–Kier alpha value is -0.640. The Morgan fingerprint density at radius 1 is 0.906 bits per heavy atom. The fourth-order valence-corrected chi connectivity index (χ4v) is 4.31. The number of rotatable bonds is 16. The van der Waals surface area contributed by atoms with Gasteiger partial charge in [0.25, 0.3) is 0 Å². The maximum atomic E-state index is 11.3. The van der Waals surface area contributed by atoms with E-state index in [0.717, 1.165) is 18.4 Å². The lowest BCUT2D eigenvalue weighted by Crippen LogP contribution is -2.55. The van der Waals surface area contributed by atoms with Crippen molar-refractivity contribution < 1.29 is 43.7 Å². The summed E-state index contributed by atoms with van der Waals surface area (Å²) < 4.78 is 28.2. The van der Waals surface area contributed by atoms with Gasteiger partial charge in [-0.2, -0.15) is 0 Å². The second-order valence-corrected chi connectivity index (χ2v) is 11.8. The minimum absolute atomic E-state index is 0.107. The summed E-state index contributed by atoms with van der Waals surface area (Å²) in [5.41, 5.74) is 0.980. The number of aliphatic hydroxyl groups is 2. The molecule has 0 bridgehead atoms. The molecule has 0 amide bonds. The van der Waals surface area contributed by atoms with Crippen LogP contribution in [0.2, 0.25) is 0 Å². The van der Waals surface area contributed by atoms with Crippen molar-refractivity contribution in [3.05, 3.63) is 34.9 Å². The van der Waals surface area contributed by atoms with Crippen LogP contribution in [-0.4, -0.2) is 86.0 Å². The average Bonchev–Trinajstić information content (AvgIpc) is 2.70. The van der Waals surface area contributed by atoms with Crippen LogP contribution >= 0.6 is 15.2 Å². The van der Waals surface area contributed by atoms with E-state index in [-0.39, 0.29) is 51.5 Å². The van der Waals surface area contributed by atoms with E-state index < -0.39 is 20.7 Å². The lowest BCUT2D eigenvalue weighted by molar-refractivity contribution is -0.0618. The molecule has 12 heteroatoms. The normalized spacial score (nSPS) is 13.2. The molecule has 0 radical (unpaired) electrons. The van der Waals surface area contributed by atoms with E-state index in [9.17, 15) is 38.9 Å². The molecule has 0 saturated carbocycles. The van der Waals surface area contributed by atoms with Crippen LogP contribution < -0.4 is 0 Å². The topological polar surface area (TPSA) is 168 Å². The molecule has 0 saturated heterocycles. The van der Waals surface area contributed by atoms with Gasteiger partial charge < -0.3 is 34.5 Å². The Bertz CT molecular complexity index is 745. The predicted octanol–water partition coefficient (Wildman–Crippen LogP) is 1.10. The van der Waals surface area contributed by atoms with Gasteiger partial charge in [0.1, 0.15) is 0 Å². The minimum Gasteiger partial charge on any atom is -0.394 e. The molecule has 1 rings (SSSR count). The third-order valence-corrected chi connectivity index (χ3v) is 6.94. The maximum absolute atomic E-state index is 11.3. The summed E-state index contributed by atoms with van der Waals surface area (Å²) in [6.07, 6.45) is 1.35. The van der Waals surface area contributed by atoms with Crippen molar-refractivity contribution in [2.45, 2.75) is 44.7 Å². The van der Waals surface area contributed by atoms with Crippen LogP contribution in [0, 0.1) is 0 Å². The van der Waals surface area contributed by atoms with Crippen LogP contribution in [-0.2, 0) is 33.3 Å². The number of hydrogen-bond donors (Lipinski definition) is 6. The molecule has 10 nitrogen and oxygen atoms in total. The summed E-state index contributed by atoms with van der Waals surface area (Å²) >= 11 is 0. The Labute approximate surface area is 189 Å². The molecule has 6 N–H and O–H groups in total. The molecule has 0 fully saturated rings. The van der Waals surface area contributed by atoms with Crippen molar-refractivity contribution in [1.29, 1.82) is 0 Å². The highest BCUT2D eigenvalue weighted by molar-refractivity contribution is 7.52. The predicted molar refractivity (Wildman–Crippen MR) is 122 cm³/mol. The molecule has 0 aromatic heterocycles. The second-order valence-electron chi connectivity index (χ2n) is 8.24. The van der Waals surface area contributed by atoms with Crippen molar-refractivity contribution in [2.24, 2.45) is 0 Å². The Balaban J connectivity index is 3.09. The molecule has 0 unspecified atom stereocenters. The summed E-state index contributed by atoms with van der Waals surface area (Å²) in [7, 11) is -6.68. The van der Waals surface area contributed by atoms with Gasteiger partial charge in [0.05, 0.1) is 37.7 Å². The second kappa shape index (κ2) is 13.3. The number of benzene rings is 1. The number of hydrogen-bond acceptors (Lipinski definition) is 6. The lowest BCUT2D eigenvalue weighted by atomic mass is 9.98. The van der Waals surface area contributed by atoms with Gasteiger partial charge in [-0.25, -0.2) is 0 Å². The van der Waals surface area contributed by atoms with E-state index >= 15 is 0 Å². The van der Waals surface area contributed by atoms with Crippen molar-refractivity contribution in [1.82, 2.24) is 4.90 Å². The fraction of sp³-hybridized carbons (Fsp3) is 0.700. The van der Waals surface area contributed by atoms with E-state index in [1.807, 2.05) is 6.92 Å². The van der Waals surface area contributed by atoms with Crippen molar-refractivity contribution in [3.63, 3.8) is 0 Å². The molecule has 0 aliphatic heterocycles. The van der Waals surface area contributed by atoms with Crippen LogP contribution in [0.3, 0.4) is 0 Å². The first-order valence-electron chi connectivity index (χ1n) is 10.6. The van der Waals surface area contributed by atoms with Crippen molar-refractivity contribution in [3.8, 4) is 0 Å². The zero-order valence-corrected chi connectivity index (χ0v) is 20.5. The number of likely N-dealkylation sites (N-methyl/N-ethyl adjacent to an activating group) is 1. The highest BCUT2D eigenvalue weighted by Gasteiger charge is 2.34. The molecular weight excluding hydrogens is 460 g/mol. The van der Waals surface area contributed by atoms with Gasteiger partial charge in [0.15, 0.2) is 0 Å². The van der Waals surface area contributed by atoms with Gasteiger partial charge in [-0.3, -0.25) is 14.0 Å². The summed E-state index contributed by atoms with van der Waals surface area (Å²) in [4.78, 5) is 38.5. The molecular formula is C20H37NO9P2. The molecule has 186 valence electrons. The Morgan fingerprint density at radius 3 is 1.78 bits per heavy atom. The van der Waals surface area contributed by atoms with Crippen LogP contribution in [0.15, 0.2) is 18.2 Å². The molecule has 1 aromatic carbocycles. The van der Waals surface area contributed by atoms with Crippen LogP contribution in [0.25, 0.3) is 0 Å². The first-order valence-corrected chi connectivity index (χ1v) is 14.2. The number of ether oxygens (including phenoxy) is 1. The highest BCUT2D eigenvalue weighted by atomic mass is 31.2. The monoisotopic (exact) mass is 497 g/mol. The van der Waals surface area contributed by atoms with E-state index in [4.69, 9.17) is 4.74 Å². The SMILES string of the molecule is CCCCOCC(CO)(CO)N(C)Cc1cc(CCP(=O)(O)O)cc(CCP(=O)(O)O)c1. The molecule has 0 spiro atoms. The molecule has 0 heterocycles. The summed E-state index contributed by atoms with van der Waals surface area (Å²) in [6.45, 7) is 2.27. The first-order chi connectivity index (χ1) is 14.8. The molecule has 1 aromatic rings. The summed E-state index contributed by atoms with van der Waals surface area (Å²) in [5, 5.41) is 20.0. The van der Waals surface area contributed by atoms with Gasteiger partial charge in [0, 0.05) is 13.2 Å². The largest absolute Gasteiger partial charge is 0.394 e. The fourth-order valence-electron chi connectivity index (χ4n) is 3.21. The zero-order chi connectivity index (χ0) is 24.4. The highest BCUT2D eigenvalue weighted by Crippen LogP contribution is 2.36. The van der Waals surface area contributed by atoms with Gasteiger partial charge >= 0.3 is 15.2 Å². The maximum Gasteiger partial charge on any atom is 0.325 e. The molecule has 0 aliphatic carbocycles.